The van der Waals surface area contributed by atoms with Gasteiger partial charge in [0.15, 0.2) is 0 Å². The second-order valence-corrected chi connectivity index (χ2v) is 6.73. The van der Waals surface area contributed by atoms with E-state index in [4.69, 9.17) is 9.47 Å². The van der Waals surface area contributed by atoms with Crippen LogP contribution in [0.2, 0.25) is 0 Å². The molecule has 1 saturated carbocycles. The molecule has 2 N–H and O–H groups in total. The van der Waals surface area contributed by atoms with Crippen LogP contribution in [0.15, 0.2) is 36.5 Å². The molecule has 2 atom stereocenters. The molecule has 156 valence electrons. The number of rotatable bonds is 6. The lowest BCUT2D eigenvalue weighted by Crippen LogP contribution is -2.43. The Hall–Kier alpha value is -2.97. The molecule has 1 aromatic heterocycles. The van der Waals surface area contributed by atoms with Crippen LogP contribution < -0.4 is 20.1 Å². The third-order valence-electron chi connectivity index (χ3n) is 4.91. The van der Waals surface area contributed by atoms with Gasteiger partial charge in [0.2, 0.25) is 0 Å². The molecule has 0 radical (unpaired) electrons. The Bertz CT molecular complexity index is 834. The Kier molecular flexibility index (Phi) is 6.14. The molecule has 1 fully saturated rings. The van der Waals surface area contributed by atoms with E-state index in [2.05, 4.69) is 15.6 Å². The van der Waals surface area contributed by atoms with E-state index in [9.17, 15) is 18.0 Å². The highest BCUT2D eigenvalue weighted by Gasteiger charge is 2.32. The Labute approximate surface area is 166 Å². The van der Waals surface area contributed by atoms with Gasteiger partial charge in [0, 0.05) is 18.3 Å². The number of hydrogen-bond acceptors (Lipinski definition) is 5. The lowest BCUT2D eigenvalue weighted by molar-refractivity contribution is -0.137. The predicted octanol–water partition coefficient (Wildman–Crippen LogP) is 3.88. The number of benzene rings is 1. The topological polar surface area (TPSA) is 72.5 Å². The number of nitrogens with one attached hydrogen (secondary N) is 2. The number of methoxy groups -OCH3 is 2. The molecule has 0 bridgehead atoms. The van der Waals surface area contributed by atoms with E-state index in [1.165, 1.54) is 20.3 Å². The van der Waals surface area contributed by atoms with Crippen molar-refractivity contribution in [2.24, 2.45) is 0 Å². The third kappa shape index (κ3) is 4.72. The van der Waals surface area contributed by atoms with Gasteiger partial charge in [-0.05, 0) is 43.5 Å². The van der Waals surface area contributed by atoms with Crippen LogP contribution in [0.3, 0.4) is 0 Å². The van der Waals surface area contributed by atoms with Crippen molar-refractivity contribution in [2.45, 2.75) is 37.5 Å². The molecule has 3 rings (SSSR count). The average Bonchev–Trinajstić information content (AvgIpc) is 3.13. The maximum Gasteiger partial charge on any atom is 0.417 e. The molecule has 1 heterocycles. The van der Waals surface area contributed by atoms with Crippen LogP contribution in [-0.2, 0) is 6.18 Å². The molecule has 0 saturated heterocycles. The van der Waals surface area contributed by atoms with Crippen LogP contribution >= 0.6 is 0 Å². The number of nitrogens with zero attached hydrogens (tertiary/aromatic N) is 1. The molecule has 0 spiro atoms. The third-order valence-corrected chi connectivity index (χ3v) is 4.91. The van der Waals surface area contributed by atoms with E-state index in [1.807, 2.05) is 0 Å². The van der Waals surface area contributed by atoms with Crippen LogP contribution in [0.25, 0.3) is 0 Å². The first-order chi connectivity index (χ1) is 13.8. The Morgan fingerprint density at radius 1 is 1.07 bits per heavy atom. The predicted molar refractivity (Wildman–Crippen MR) is 101 cm³/mol. The van der Waals surface area contributed by atoms with Gasteiger partial charge in [-0.3, -0.25) is 4.79 Å². The van der Waals surface area contributed by atoms with Crippen LogP contribution in [-0.4, -0.2) is 37.2 Å². The Morgan fingerprint density at radius 2 is 1.72 bits per heavy atom. The lowest BCUT2D eigenvalue weighted by Gasteiger charge is -2.23. The number of anilines is 1. The highest BCUT2D eigenvalue weighted by molar-refractivity contribution is 6.00. The van der Waals surface area contributed by atoms with Gasteiger partial charge in [-0.25, -0.2) is 4.98 Å². The minimum absolute atomic E-state index is 0.149. The summed E-state index contributed by atoms with van der Waals surface area (Å²) in [4.78, 5) is 16.7. The average molecular weight is 409 g/mol. The second-order valence-electron chi connectivity index (χ2n) is 6.73. The summed E-state index contributed by atoms with van der Waals surface area (Å²) >= 11 is 0. The first-order valence-corrected chi connectivity index (χ1v) is 9.15. The van der Waals surface area contributed by atoms with E-state index in [1.54, 1.807) is 18.2 Å². The summed E-state index contributed by atoms with van der Waals surface area (Å²) < 4.78 is 48.6. The number of halogens is 3. The van der Waals surface area contributed by atoms with E-state index in [0.29, 0.717) is 22.9 Å². The molecular formula is C20H22F3N3O3. The highest BCUT2D eigenvalue weighted by Crippen LogP contribution is 2.31. The normalized spacial score (nSPS) is 18.9. The molecule has 0 aliphatic heterocycles. The fourth-order valence-electron chi connectivity index (χ4n) is 3.46. The maximum absolute atomic E-state index is 12.9. The zero-order valence-electron chi connectivity index (χ0n) is 16.0. The summed E-state index contributed by atoms with van der Waals surface area (Å²) in [6.45, 7) is 0. The fourth-order valence-corrected chi connectivity index (χ4v) is 3.46. The van der Waals surface area contributed by atoms with Gasteiger partial charge in [0.1, 0.15) is 22.9 Å². The van der Waals surface area contributed by atoms with E-state index in [-0.39, 0.29) is 18.0 Å². The Balaban J connectivity index is 1.71. The van der Waals surface area contributed by atoms with Crippen molar-refractivity contribution < 1.29 is 27.4 Å². The first kappa shape index (κ1) is 20.8. The monoisotopic (exact) mass is 409 g/mol. The molecule has 1 aliphatic rings. The summed E-state index contributed by atoms with van der Waals surface area (Å²) in [6.07, 6.45) is -1.27. The van der Waals surface area contributed by atoms with Gasteiger partial charge in [-0.2, -0.15) is 13.2 Å². The minimum Gasteiger partial charge on any atom is -0.496 e. The molecule has 1 amide bonds. The zero-order valence-corrected chi connectivity index (χ0v) is 16.0. The van der Waals surface area contributed by atoms with Crippen molar-refractivity contribution in [3.63, 3.8) is 0 Å². The second kappa shape index (κ2) is 8.59. The Morgan fingerprint density at radius 3 is 2.28 bits per heavy atom. The number of amides is 1. The summed E-state index contributed by atoms with van der Waals surface area (Å²) in [5.41, 5.74) is -0.501. The minimum atomic E-state index is -4.43. The number of pyridine rings is 1. The number of ether oxygens (including phenoxy) is 2. The first-order valence-electron chi connectivity index (χ1n) is 9.15. The van der Waals surface area contributed by atoms with Crippen molar-refractivity contribution in [1.29, 1.82) is 0 Å². The SMILES string of the molecule is COc1cccc(OC)c1C(=O)N[C@@H]1CCC[C@@H]1Nc1ccc(C(F)(F)F)cn1. The van der Waals surface area contributed by atoms with Crippen LogP contribution in [0.5, 0.6) is 11.5 Å². The summed E-state index contributed by atoms with van der Waals surface area (Å²) in [6, 6.07) is 7.00. The quantitative estimate of drug-likeness (QED) is 0.758. The van der Waals surface area contributed by atoms with Gasteiger partial charge in [0.05, 0.1) is 19.8 Å². The molecule has 1 aliphatic carbocycles. The number of alkyl halides is 3. The summed E-state index contributed by atoms with van der Waals surface area (Å²) in [5.74, 6) is 0.792. The van der Waals surface area contributed by atoms with E-state index in [0.717, 1.165) is 31.5 Å². The number of aromatic nitrogens is 1. The van der Waals surface area contributed by atoms with Crippen molar-refractivity contribution >= 4 is 11.7 Å². The van der Waals surface area contributed by atoms with Crippen molar-refractivity contribution in [3.8, 4) is 11.5 Å². The fraction of sp³-hybridized carbons (Fsp3) is 0.400. The molecular weight excluding hydrogens is 387 g/mol. The number of carbonyl (C=O) groups is 1. The smallest absolute Gasteiger partial charge is 0.417 e. The highest BCUT2D eigenvalue weighted by atomic mass is 19.4. The molecule has 1 aromatic carbocycles. The molecule has 29 heavy (non-hydrogen) atoms. The summed E-state index contributed by atoms with van der Waals surface area (Å²) in [7, 11) is 2.95. The van der Waals surface area contributed by atoms with Gasteiger partial charge in [-0.1, -0.05) is 6.07 Å². The van der Waals surface area contributed by atoms with Crippen LogP contribution in [0, 0.1) is 0 Å². The largest absolute Gasteiger partial charge is 0.496 e. The van der Waals surface area contributed by atoms with Gasteiger partial charge in [0.25, 0.3) is 5.91 Å². The van der Waals surface area contributed by atoms with Gasteiger partial charge < -0.3 is 20.1 Å². The van der Waals surface area contributed by atoms with Crippen LogP contribution in [0.4, 0.5) is 19.0 Å². The van der Waals surface area contributed by atoms with Gasteiger partial charge >= 0.3 is 6.18 Å². The van der Waals surface area contributed by atoms with Crippen molar-refractivity contribution in [2.75, 3.05) is 19.5 Å². The van der Waals surface area contributed by atoms with E-state index < -0.39 is 11.7 Å². The maximum atomic E-state index is 12.9. The molecule has 0 unspecified atom stereocenters. The number of hydrogen-bond donors (Lipinski definition) is 2. The zero-order chi connectivity index (χ0) is 21.0. The van der Waals surface area contributed by atoms with E-state index >= 15 is 0 Å². The van der Waals surface area contributed by atoms with Crippen molar-refractivity contribution in [1.82, 2.24) is 10.3 Å². The standard InChI is InChI=1S/C20H22F3N3O3/c1-28-15-7-4-8-16(29-2)18(15)19(27)26-14-6-3-5-13(14)25-17-10-9-12(11-24-17)20(21,22)23/h4,7-11,13-14H,3,5-6H2,1-2H3,(H,24,25)(H,26,27)/t13-,14+/m0/s1. The lowest BCUT2D eigenvalue weighted by atomic mass is 10.1. The summed E-state index contributed by atoms with van der Waals surface area (Å²) in [5, 5.41) is 6.11. The molecule has 6 nitrogen and oxygen atoms in total. The number of carbonyl (C=O) groups excluding carboxylic acids is 1. The molecule has 9 heteroatoms. The van der Waals surface area contributed by atoms with Crippen LogP contribution in [0.1, 0.15) is 35.2 Å². The molecule has 2 aromatic rings. The van der Waals surface area contributed by atoms with Gasteiger partial charge in [-0.15, -0.1) is 0 Å². The van der Waals surface area contributed by atoms with Crippen molar-refractivity contribution in [3.05, 3.63) is 47.7 Å².